The number of hydrogen-bond acceptors (Lipinski definition) is 4. The molecule has 4 atom stereocenters. The number of nitrogens with two attached hydrogens (primary N) is 1. The lowest BCUT2D eigenvalue weighted by Gasteiger charge is -2.35. The Morgan fingerprint density at radius 3 is 2.04 bits per heavy atom. The number of carbonyl (C=O) groups is 3. The molecule has 0 aromatic heterocycles. The van der Waals surface area contributed by atoms with Gasteiger partial charge in [-0.1, -0.05) is 20.3 Å². The minimum absolute atomic E-state index is 0.0560. The van der Waals surface area contributed by atoms with Crippen LogP contribution < -0.4 is 5.73 Å². The van der Waals surface area contributed by atoms with Crippen molar-refractivity contribution in [2.24, 2.45) is 28.9 Å². The van der Waals surface area contributed by atoms with Crippen molar-refractivity contribution in [2.45, 2.75) is 51.4 Å². The van der Waals surface area contributed by atoms with E-state index in [1.54, 1.807) is 0 Å². The first-order chi connectivity index (χ1) is 11.8. The maximum atomic E-state index is 12.4. The molecule has 1 aliphatic heterocycles. The number of fused-ring (bicyclic) bond motifs is 1. The van der Waals surface area contributed by atoms with E-state index in [9.17, 15) is 27.9 Å². The van der Waals surface area contributed by atoms with Crippen LogP contribution in [0, 0.1) is 23.2 Å². The van der Waals surface area contributed by atoms with Crippen LogP contribution in [-0.2, 0) is 14.4 Å². The number of aliphatic carboxylic acids is 2. The monoisotopic (exact) mass is 380 g/mol. The Kier molecular flexibility index (Phi) is 5.29. The molecule has 26 heavy (non-hydrogen) atoms. The highest BCUT2D eigenvalue weighted by Gasteiger charge is 2.69. The Hall–Kier alpha value is -1.84. The summed E-state index contributed by atoms with van der Waals surface area (Å²) in [5, 5.41) is 16.5. The number of hydrogen-bond donors (Lipinski definition) is 3. The lowest BCUT2D eigenvalue weighted by molar-refractivity contribution is -0.192. The highest BCUT2D eigenvalue weighted by molar-refractivity contribution is 5.88. The smallest absolute Gasteiger partial charge is 0.480 e. The predicted octanol–water partition coefficient (Wildman–Crippen LogP) is 1.31. The number of carboxylic acid groups (broad SMARTS) is 2. The Bertz CT molecular complexity index is 603. The standard InChI is InChI=1S/C14H22N2O3.C2HF3O2/c1-14(2)8-6-16(11(9(8)14)13(18)19)12(17)10(15)7-4-3-5-7;3-2(4,5)1(6)7/h7-11H,3-6,15H2,1-2H3,(H,18,19);(H,6,7)/t8-,9-,10-,11-;/m0./s1. The first-order valence-corrected chi connectivity index (χ1v) is 8.39. The topological polar surface area (TPSA) is 121 Å². The first kappa shape index (κ1) is 20.5. The third-order valence-electron chi connectivity index (χ3n) is 5.93. The largest absolute Gasteiger partial charge is 0.490 e. The molecule has 0 aromatic rings. The first-order valence-electron chi connectivity index (χ1n) is 8.39. The molecule has 0 spiro atoms. The second-order valence-corrected chi connectivity index (χ2v) is 7.75. The van der Waals surface area contributed by atoms with Gasteiger partial charge in [-0.05, 0) is 30.1 Å². The molecular formula is C16H23F3N2O5. The Morgan fingerprint density at radius 2 is 1.69 bits per heavy atom. The van der Waals surface area contributed by atoms with E-state index in [4.69, 9.17) is 15.6 Å². The number of nitrogens with zero attached hydrogens (tertiary/aromatic N) is 1. The number of halogens is 3. The van der Waals surface area contributed by atoms with Crippen molar-refractivity contribution >= 4 is 17.8 Å². The van der Waals surface area contributed by atoms with E-state index in [2.05, 4.69) is 13.8 Å². The Morgan fingerprint density at radius 1 is 1.19 bits per heavy atom. The van der Waals surface area contributed by atoms with Crippen molar-refractivity contribution in [3.05, 3.63) is 0 Å². The molecule has 2 aliphatic carbocycles. The summed E-state index contributed by atoms with van der Waals surface area (Å²) in [5.74, 6) is -3.11. The molecule has 0 bridgehead atoms. The van der Waals surface area contributed by atoms with Crippen molar-refractivity contribution in [1.82, 2.24) is 4.90 Å². The quantitative estimate of drug-likeness (QED) is 0.679. The molecule has 0 radical (unpaired) electrons. The van der Waals surface area contributed by atoms with E-state index >= 15 is 0 Å². The molecule has 1 saturated heterocycles. The number of rotatable bonds is 3. The molecule has 3 fully saturated rings. The second-order valence-electron chi connectivity index (χ2n) is 7.75. The molecule has 1 amide bonds. The van der Waals surface area contributed by atoms with Gasteiger partial charge in [0.15, 0.2) is 0 Å². The molecular weight excluding hydrogens is 357 g/mol. The average Bonchev–Trinajstić information content (AvgIpc) is 2.83. The van der Waals surface area contributed by atoms with Crippen molar-refractivity contribution in [3.63, 3.8) is 0 Å². The highest BCUT2D eigenvalue weighted by Crippen LogP contribution is 2.64. The summed E-state index contributed by atoms with van der Waals surface area (Å²) < 4.78 is 31.7. The van der Waals surface area contributed by atoms with Crippen LogP contribution in [0.2, 0.25) is 0 Å². The second kappa shape index (κ2) is 6.71. The van der Waals surface area contributed by atoms with Gasteiger partial charge in [-0.2, -0.15) is 13.2 Å². The fraction of sp³-hybridized carbons (Fsp3) is 0.812. The minimum Gasteiger partial charge on any atom is -0.480 e. The lowest BCUT2D eigenvalue weighted by atomic mass is 9.79. The fourth-order valence-corrected chi connectivity index (χ4v) is 3.99. The minimum atomic E-state index is -5.08. The maximum Gasteiger partial charge on any atom is 0.490 e. The lowest BCUT2D eigenvalue weighted by Crippen LogP contribution is -2.54. The summed E-state index contributed by atoms with van der Waals surface area (Å²) in [6, 6.07) is -1.17. The number of piperidine rings is 1. The zero-order valence-corrected chi connectivity index (χ0v) is 14.5. The summed E-state index contributed by atoms with van der Waals surface area (Å²) in [5.41, 5.74) is 6.06. The summed E-state index contributed by atoms with van der Waals surface area (Å²) in [4.78, 5) is 34.3. The van der Waals surface area contributed by atoms with E-state index < -0.39 is 30.2 Å². The molecule has 7 nitrogen and oxygen atoms in total. The molecule has 0 unspecified atom stereocenters. The molecule has 10 heteroatoms. The normalized spacial score (nSPS) is 30.4. The van der Waals surface area contributed by atoms with E-state index in [-0.39, 0.29) is 23.2 Å². The van der Waals surface area contributed by atoms with Crippen LogP contribution in [0.1, 0.15) is 33.1 Å². The van der Waals surface area contributed by atoms with Gasteiger partial charge >= 0.3 is 18.1 Å². The number of carboxylic acids is 2. The molecule has 4 N–H and O–H groups in total. The van der Waals surface area contributed by atoms with Crippen LogP contribution in [0.3, 0.4) is 0 Å². The third kappa shape index (κ3) is 3.65. The summed E-state index contributed by atoms with van der Waals surface area (Å²) in [6.45, 7) is 4.74. The third-order valence-corrected chi connectivity index (χ3v) is 5.93. The van der Waals surface area contributed by atoms with Crippen molar-refractivity contribution in [1.29, 1.82) is 0 Å². The summed E-state index contributed by atoms with van der Waals surface area (Å²) >= 11 is 0. The van der Waals surface area contributed by atoms with Crippen molar-refractivity contribution in [3.8, 4) is 0 Å². The SMILES string of the molecule is CC1(C)[C@@H]2[C@@H](C(=O)O)N(C(=O)[C@@H](N)C3CCC3)C[C@@H]21.O=C(O)C(F)(F)F. The van der Waals surface area contributed by atoms with Crippen LogP contribution in [-0.4, -0.2) is 57.8 Å². The van der Waals surface area contributed by atoms with Crippen LogP contribution in [0.25, 0.3) is 0 Å². The molecule has 3 rings (SSSR count). The average molecular weight is 380 g/mol. The van der Waals surface area contributed by atoms with E-state index in [1.165, 1.54) is 4.90 Å². The van der Waals surface area contributed by atoms with Gasteiger partial charge in [0, 0.05) is 12.5 Å². The van der Waals surface area contributed by atoms with Crippen LogP contribution in [0.4, 0.5) is 13.2 Å². The number of alkyl halides is 3. The number of likely N-dealkylation sites (tertiary alicyclic amines) is 1. The van der Waals surface area contributed by atoms with E-state index in [1.807, 2.05) is 0 Å². The van der Waals surface area contributed by atoms with Gasteiger partial charge in [-0.3, -0.25) is 4.79 Å². The van der Waals surface area contributed by atoms with Gasteiger partial charge in [-0.25, -0.2) is 9.59 Å². The summed E-state index contributed by atoms with van der Waals surface area (Å²) in [6.07, 6.45) is -1.96. The molecule has 2 saturated carbocycles. The van der Waals surface area contributed by atoms with Gasteiger partial charge in [0.2, 0.25) is 5.91 Å². The molecule has 148 valence electrons. The van der Waals surface area contributed by atoms with Gasteiger partial charge < -0.3 is 20.8 Å². The fourth-order valence-electron chi connectivity index (χ4n) is 3.99. The van der Waals surface area contributed by atoms with Crippen molar-refractivity contribution < 1.29 is 37.8 Å². The van der Waals surface area contributed by atoms with Crippen LogP contribution in [0.5, 0.6) is 0 Å². The Balaban J connectivity index is 0.000000298. The zero-order valence-electron chi connectivity index (χ0n) is 14.5. The van der Waals surface area contributed by atoms with E-state index in [0.29, 0.717) is 12.5 Å². The molecule has 0 aromatic carbocycles. The molecule has 1 heterocycles. The number of carbonyl (C=O) groups excluding carboxylic acids is 1. The van der Waals surface area contributed by atoms with Crippen molar-refractivity contribution in [2.75, 3.05) is 6.54 Å². The maximum absolute atomic E-state index is 12.4. The zero-order chi connectivity index (χ0) is 20.0. The number of amides is 1. The van der Waals surface area contributed by atoms with Gasteiger partial charge in [0.05, 0.1) is 6.04 Å². The summed E-state index contributed by atoms with van der Waals surface area (Å²) in [7, 11) is 0. The van der Waals surface area contributed by atoms with Crippen LogP contribution >= 0.6 is 0 Å². The van der Waals surface area contributed by atoms with Crippen LogP contribution in [0.15, 0.2) is 0 Å². The Labute approximate surface area is 148 Å². The van der Waals surface area contributed by atoms with Gasteiger partial charge in [0.25, 0.3) is 0 Å². The van der Waals surface area contributed by atoms with E-state index in [0.717, 1.165) is 19.3 Å². The molecule has 3 aliphatic rings. The predicted molar refractivity (Wildman–Crippen MR) is 82.9 cm³/mol. The highest BCUT2D eigenvalue weighted by atomic mass is 19.4. The van der Waals surface area contributed by atoms with Gasteiger partial charge in [0.1, 0.15) is 6.04 Å². The van der Waals surface area contributed by atoms with Gasteiger partial charge in [-0.15, -0.1) is 0 Å².